The molecule has 4 aromatic rings. The fourth-order valence-corrected chi connectivity index (χ4v) is 4.11. The maximum Gasteiger partial charge on any atom is 0.417 e. The number of nitrogens with one attached hydrogen (secondary N) is 2. The van der Waals surface area contributed by atoms with Crippen LogP contribution in [0.2, 0.25) is 0 Å². The zero-order valence-corrected chi connectivity index (χ0v) is 17.5. The predicted octanol–water partition coefficient (Wildman–Crippen LogP) is 4.75. The molecule has 1 aliphatic rings. The van der Waals surface area contributed by atoms with Crippen LogP contribution >= 0.6 is 0 Å². The van der Waals surface area contributed by atoms with Gasteiger partial charge in [-0.15, -0.1) is 0 Å². The highest BCUT2D eigenvalue weighted by Gasteiger charge is 2.31. The summed E-state index contributed by atoms with van der Waals surface area (Å²) in [7, 11) is 0. The van der Waals surface area contributed by atoms with E-state index in [1.54, 1.807) is 24.5 Å². The average molecular weight is 452 g/mol. The number of fused-ring (bicyclic) bond motifs is 2. The van der Waals surface area contributed by atoms with Gasteiger partial charge in [-0.05, 0) is 35.4 Å². The Bertz CT molecular complexity index is 1350. The number of H-pyrrole nitrogens is 1. The Morgan fingerprint density at radius 1 is 1.18 bits per heavy atom. The number of rotatable bonds is 4. The number of aromatic nitrogens is 4. The number of alkyl halides is 3. The number of pyridine rings is 2. The van der Waals surface area contributed by atoms with Crippen LogP contribution in [0.25, 0.3) is 11.0 Å². The zero-order chi connectivity index (χ0) is 23.2. The largest absolute Gasteiger partial charge is 0.417 e. The van der Waals surface area contributed by atoms with E-state index < -0.39 is 17.6 Å². The van der Waals surface area contributed by atoms with Gasteiger partial charge in [0.1, 0.15) is 0 Å². The lowest BCUT2D eigenvalue weighted by molar-refractivity contribution is -0.137. The molecule has 3 aromatic heterocycles. The summed E-state index contributed by atoms with van der Waals surface area (Å²) >= 11 is 0. The number of anilines is 2. The van der Waals surface area contributed by atoms with Crippen molar-refractivity contribution in [1.82, 2.24) is 20.2 Å². The number of halogens is 3. The van der Waals surface area contributed by atoms with E-state index >= 15 is 0 Å². The number of nitrogens with zero attached hydrogens (tertiary/aromatic N) is 4. The minimum atomic E-state index is -4.54. The van der Waals surface area contributed by atoms with Crippen LogP contribution < -0.4 is 10.2 Å². The quantitative estimate of drug-likeness (QED) is 0.467. The van der Waals surface area contributed by atoms with Crippen molar-refractivity contribution < 1.29 is 18.0 Å². The molecule has 0 saturated carbocycles. The molecule has 1 unspecified atom stereocenters. The van der Waals surface area contributed by atoms with Gasteiger partial charge in [0.15, 0.2) is 5.65 Å². The van der Waals surface area contributed by atoms with Crippen LogP contribution in [-0.4, -0.2) is 32.6 Å². The van der Waals surface area contributed by atoms with Gasteiger partial charge in [0.2, 0.25) is 0 Å². The molecular weight excluding hydrogens is 433 g/mol. The molecule has 10 heteroatoms. The number of carbonyl (C=O) groups excluding carboxylic acids is 1. The molecule has 0 fully saturated rings. The van der Waals surface area contributed by atoms with E-state index in [2.05, 4.69) is 37.3 Å². The second-order valence-electron chi connectivity index (χ2n) is 8.12. The summed E-state index contributed by atoms with van der Waals surface area (Å²) in [4.78, 5) is 22.9. The number of amides is 1. The first-order chi connectivity index (χ1) is 15.8. The molecule has 4 heterocycles. The lowest BCUT2D eigenvalue weighted by Gasteiger charge is -2.20. The minimum absolute atomic E-state index is 0.0139. The molecule has 1 amide bonds. The molecule has 5 rings (SSSR count). The van der Waals surface area contributed by atoms with Crippen molar-refractivity contribution >= 4 is 28.3 Å². The summed E-state index contributed by atoms with van der Waals surface area (Å²) in [5.41, 5.74) is 3.19. The van der Waals surface area contributed by atoms with Crippen LogP contribution in [-0.2, 0) is 12.7 Å². The van der Waals surface area contributed by atoms with Crippen molar-refractivity contribution in [3.63, 3.8) is 0 Å². The van der Waals surface area contributed by atoms with Gasteiger partial charge >= 0.3 is 6.18 Å². The van der Waals surface area contributed by atoms with Gasteiger partial charge in [0.05, 0.1) is 23.6 Å². The van der Waals surface area contributed by atoms with Gasteiger partial charge in [-0.3, -0.25) is 14.9 Å². The van der Waals surface area contributed by atoms with Crippen LogP contribution in [0.5, 0.6) is 0 Å². The molecule has 0 bridgehead atoms. The molecule has 2 N–H and O–H groups in total. The summed E-state index contributed by atoms with van der Waals surface area (Å²) < 4.78 is 38.8. The first-order valence-corrected chi connectivity index (χ1v) is 10.3. The average Bonchev–Trinajstić information content (AvgIpc) is 3.37. The highest BCUT2D eigenvalue weighted by atomic mass is 19.4. The fraction of sp³-hybridized carbons (Fsp3) is 0.217. The first kappa shape index (κ1) is 20.9. The van der Waals surface area contributed by atoms with E-state index in [1.807, 2.05) is 12.1 Å². The van der Waals surface area contributed by atoms with Crippen molar-refractivity contribution in [3.05, 3.63) is 77.4 Å². The zero-order valence-electron chi connectivity index (χ0n) is 17.5. The van der Waals surface area contributed by atoms with E-state index in [9.17, 15) is 18.0 Å². The molecule has 168 valence electrons. The number of hydrogen-bond donors (Lipinski definition) is 2. The molecule has 1 atom stereocenters. The molecule has 7 nitrogen and oxygen atoms in total. The number of benzene rings is 1. The van der Waals surface area contributed by atoms with Crippen LogP contribution in [0.1, 0.15) is 39.9 Å². The van der Waals surface area contributed by atoms with Crippen molar-refractivity contribution in [3.8, 4) is 0 Å². The van der Waals surface area contributed by atoms with Gasteiger partial charge in [-0.25, -0.2) is 4.98 Å². The Kier molecular flexibility index (Phi) is 4.99. The third-order valence-electron chi connectivity index (χ3n) is 5.70. The molecular formula is C23H19F3N6O. The van der Waals surface area contributed by atoms with E-state index in [0.29, 0.717) is 12.1 Å². The summed E-state index contributed by atoms with van der Waals surface area (Å²) in [5.74, 6) is -0.227. The molecule has 0 spiro atoms. The summed E-state index contributed by atoms with van der Waals surface area (Å²) in [5, 5.41) is 10.3. The molecule has 1 aromatic carbocycles. The Morgan fingerprint density at radius 3 is 2.85 bits per heavy atom. The maximum atomic E-state index is 12.9. The van der Waals surface area contributed by atoms with E-state index in [-0.39, 0.29) is 11.6 Å². The van der Waals surface area contributed by atoms with Crippen LogP contribution in [0.3, 0.4) is 0 Å². The Labute approximate surface area is 186 Å². The highest BCUT2D eigenvalue weighted by Crippen LogP contribution is 2.38. The van der Waals surface area contributed by atoms with E-state index in [0.717, 1.165) is 46.7 Å². The van der Waals surface area contributed by atoms with Gasteiger partial charge in [0, 0.05) is 48.0 Å². The van der Waals surface area contributed by atoms with E-state index in [4.69, 9.17) is 0 Å². The second-order valence-corrected chi connectivity index (χ2v) is 8.12. The smallest absolute Gasteiger partial charge is 0.366 e. The van der Waals surface area contributed by atoms with Gasteiger partial charge in [-0.2, -0.15) is 18.3 Å². The lowest BCUT2D eigenvalue weighted by atomic mass is 10.0. The van der Waals surface area contributed by atoms with Gasteiger partial charge in [0.25, 0.3) is 5.91 Å². The highest BCUT2D eigenvalue weighted by molar-refractivity contribution is 6.05. The Hall–Kier alpha value is -3.95. The normalized spacial score (nSPS) is 15.6. The topological polar surface area (TPSA) is 86.8 Å². The second kappa shape index (κ2) is 7.88. The molecule has 33 heavy (non-hydrogen) atoms. The van der Waals surface area contributed by atoms with Crippen LogP contribution in [0.4, 0.5) is 24.5 Å². The maximum absolute atomic E-state index is 12.9. The first-order valence-electron chi connectivity index (χ1n) is 10.3. The lowest BCUT2D eigenvalue weighted by Crippen LogP contribution is -2.21. The SMILES string of the molecule is CC1CN(Cc2cnc3[nH]ncc3c2)c2cc(C(=O)Nc3cncc(C(F)(F)F)c3)ccc21. The molecule has 0 saturated heterocycles. The van der Waals surface area contributed by atoms with E-state index in [1.165, 1.54) is 6.20 Å². The minimum Gasteiger partial charge on any atom is -0.366 e. The predicted molar refractivity (Wildman–Crippen MR) is 117 cm³/mol. The summed E-state index contributed by atoms with van der Waals surface area (Å²) in [6.07, 6.45) is 0.887. The fourth-order valence-electron chi connectivity index (χ4n) is 4.11. The number of hydrogen-bond acceptors (Lipinski definition) is 5. The Morgan fingerprint density at radius 2 is 2.03 bits per heavy atom. The number of aromatic amines is 1. The molecule has 0 radical (unpaired) electrons. The summed E-state index contributed by atoms with van der Waals surface area (Å²) in [6, 6.07) is 8.25. The summed E-state index contributed by atoms with van der Waals surface area (Å²) in [6.45, 7) is 3.50. The van der Waals surface area contributed by atoms with Gasteiger partial charge in [-0.1, -0.05) is 13.0 Å². The standard InChI is InChI=1S/C23H19F3N6O/c1-13-11-32(12-14-4-16-8-29-31-21(16)28-7-14)20-5-15(2-3-19(13)20)22(33)30-18-6-17(9-27-10-18)23(24,25)26/h2-10,13H,11-12H2,1H3,(H,30,33)(H,28,29,31). The number of carbonyl (C=O) groups is 1. The Balaban J connectivity index is 1.38. The molecule has 1 aliphatic heterocycles. The van der Waals surface area contributed by atoms with Gasteiger partial charge < -0.3 is 10.2 Å². The third-order valence-corrected chi connectivity index (χ3v) is 5.70. The monoisotopic (exact) mass is 452 g/mol. The van der Waals surface area contributed by atoms with Crippen LogP contribution in [0.15, 0.2) is 55.1 Å². The van der Waals surface area contributed by atoms with Crippen LogP contribution in [0, 0.1) is 0 Å². The molecule has 0 aliphatic carbocycles. The van der Waals surface area contributed by atoms with Crippen molar-refractivity contribution in [2.24, 2.45) is 0 Å². The van der Waals surface area contributed by atoms with Crippen molar-refractivity contribution in [2.75, 3.05) is 16.8 Å². The van der Waals surface area contributed by atoms with Crippen molar-refractivity contribution in [1.29, 1.82) is 0 Å². The third kappa shape index (κ3) is 4.11. The van der Waals surface area contributed by atoms with Crippen molar-refractivity contribution in [2.45, 2.75) is 25.6 Å².